The summed E-state index contributed by atoms with van der Waals surface area (Å²) in [5, 5.41) is 12.2. The average Bonchev–Trinajstić information content (AvgIpc) is 3.06. The Balaban J connectivity index is 1.74. The van der Waals surface area contributed by atoms with Crippen molar-refractivity contribution in [2.45, 2.75) is 33.2 Å². The van der Waals surface area contributed by atoms with Crippen molar-refractivity contribution in [1.82, 2.24) is 0 Å². The number of nitrogens with zero attached hydrogens (tertiary/aromatic N) is 2. The van der Waals surface area contributed by atoms with Gasteiger partial charge in [-0.15, -0.1) is 0 Å². The normalized spacial score (nSPS) is 15.4. The molecule has 4 nitrogen and oxygen atoms in total. The third kappa shape index (κ3) is 4.12. The number of likely N-dealkylation sites (tertiary alicyclic amines) is 1. The van der Waals surface area contributed by atoms with Gasteiger partial charge in [0.2, 0.25) is 0 Å². The number of carbonyl (C=O) groups is 1. The van der Waals surface area contributed by atoms with Gasteiger partial charge in [0.05, 0.1) is 24.7 Å². The Hall–Kier alpha value is -2.64. The standard InChI is InChI=1S/C22H25N3O/c1-17-12-20(14-23)13-18(2)22(17)24-21(26)16-25(10-6-7-11-25)15-19-8-4-3-5-9-19/h3-5,8-9,12-13H,6-7,10-11,15-16H2,1-2H3/p+1. The SMILES string of the molecule is Cc1cc(C#N)cc(C)c1NC(=O)C[N+]1(Cc2ccccc2)CCCC1. The number of rotatable bonds is 5. The molecule has 1 amide bonds. The van der Waals surface area contributed by atoms with Crippen molar-refractivity contribution in [3.8, 4) is 6.07 Å². The van der Waals surface area contributed by atoms with Gasteiger partial charge < -0.3 is 9.80 Å². The van der Waals surface area contributed by atoms with E-state index < -0.39 is 0 Å². The summed E-state index contributed by atoms with van der Waals surface area (Å²) >= 11 is 0. The summed E-state index contributed by atoms with van der Waals surface area (Å²) in [6, 6.07) is 16.3. The third-order valence-electron chi connectivity index (χ3n) is 5.28. The number of amides is 1. The molecule has 0 aromatic heterocycles. The van der Waals surface area contributed by atoms with Crippen molar-refractivity contribution in [2.24, 2.45) is 0 Å². The van der Waals surface area contributed by atoms with Crippen molar-refractivity contribution in [3.63, 3.8) is 0 Å². The van der Waals surface area contributed by atoms with Gasteiger partial charge >= 0.3 is 0 Å². The number of nitrogens with one attached hydrogen (secondary N) is 1. The topological polar surface area (TPSA) is 52.9 Å². The van der Waals surface area contributed by atoms with E-state index >= 15 is 0 Å². The van der Waals surface area contributed by atoms with Gasteiger partial charge in [-0.3, -0.25) is 4.79 Å². The lowest BCUT2D eigenvalue weighted by Crippen LogP contribution is -2.49. The molecule has 1 aliphatic rings. The maximum atomic E-state index is 12.8. The smallest absolute Gasteiger partial charge is 0.279 e. The fraction of sp³-hybridized carbons (Fsp3) is 0.364. The second-order valence-electron chi connectivity index (χ2n) is 7.44. The van der Waals surface area contributed by atoms with E-state index in [1.807, 2.05) is 32.0 Å². The van der Waals surface area contributed by atoms with Crippen LogP contribution in [0.5, 0.6) is 0 Å². The van der Waals surface area contributed by atoms with Gasteiger partial charge in [-0.05, 0) is 37.1 Å². The first-order valence-corrected chi connectivity index (χ1v) is 9.22. The zero-order valence-corrected chi connectivity index (χ0v) is 15.6. The molecule has 1 aliphatic heterocycles. The van der Waals surface area contributed by atoms with Crippen LogP contribution >= 0.6 is 0 Å². The molecule has 0 bridgehead atoms. The van der Waals surface area contributed by atoms with E-state index in [-0.39, 0.29) is 5.91 Å². The Labute approximate surface area is 155 Å². The number of anilines is 1. The van der Waals surface area contributed by atoms with Gasteiger partial charge in [-0.1, -0.05) is 30.3 Å². The predicted molar refractivity (Wildman–Crippen MR) is 104 cm³/mol. The summed E-state index contributed by atoms with van der Waals surface area (Å²) in [4.78, 5) is 12.8. The summed E-state index contributed by atoms with van der Waals surface area (Å²) in [7, 11) is 0. The number of quaternary nitrogens is 1. The van der Waals surface area contributed by atoms with E-state index in [1.165, 1.54) is 18.4 Å². The monoisotopic (exact) mass is 348 g/mol. The van der Waals surface area contributed by atoms with Crippen LogP contribution in [0.1, 0.15) is 35.1 Å². The van der Waals surface area contributed by atoms with Gasteiger partial charge in [0.1, 0.15) is 6.54 Å². The zero-order valence-electron chi connectivity index (χ0n) is 15.6. The van der Waals surface area contributed by atoms with Crippen molar-refractivity contribution >= 4 is 11.6 Å². The van der Waals surface area contributed by atoms with Crippen LogP contribution in [0.2, 0.25) is 0 Å². The van der Waals surface area contributed by atoms with Crippen LogP contribution in [-0.4, -0.2) is 30.0 Å². The lowest BCUT2D eigenvalue weighted by atomic mass is 10.0. The highest BCUT2D eigenvalue weighted by Crippen LogP contribution is 2.25. The van der Waals surface area contributed by atoms with Gasteiger partial charge in [0, 0.05) is 24.1 Å². The fourth-order valence-corrected chi connectivity index (χ4v) is 4.06. The number of aryl methyl sites for hydroxylation is 2. The van der Waals surface area contributed by atoms with Crippen LogP contribution < -0.4 is 5.32 Å². The first-order valence-electron chi connectivity index (χ1n) is 9.22. The molecule has 1 N–H and O–H groups in total. The van der Waals surface area contributed by atoms with E-state index in [1.54, 1.807) is 0 Å². The largest absolute Gasteiger partial charge is 0.321 e. The molecular weight excluding hydrogens is 322 g/mol. The highest BCUT2D eigenvalue weighted by atomic mass is 16.2. The zero-order chi connectivity index (χ0) is 18.6. The predicted octanol–water partition coefficient (Wildman–Crippen LogP) is 3.92. The molecule has 3 rings (SSSR count). The number of hydrogen-bond acceptors (Lipinski definition) is 2. The lowest BCUT2D eigenvalue weighted by molar-refractivity contribution is -0.922. The Bertz CT molecular complexity index is 807. The second kappa shape index (κ2) is 7.72. The van der Waals surface area contributed by atoms with Crippen molar-refractivity contribution in [3.05, 3.63) is 64.7 Å². The minimum absolute atomic E-state index is 0.0544. The molecule has 1 heterocycles. The first kappa shape index (κ1) is 18.2. The van der Waals surface area contributed by atoms with E-state index in [0.29, 0.717) is 12.1 Å². The Kier molecular flexibility index (Phi) is 5.39. The molecule has 1 fully saturated rings. The van der Waals surface area contributed by atoms with Gasteiger partial charge in [0.25, 0.3) is 5.91 Å². The second-order valence-corrected chi connectivity index (χ2v) is 7.44. The van der Waals surface area contributed by atoms with Crippen LogP contribution in [0.4, 0.5) is 5.69 Å². The maximum Gasteiger partial charge on any atom is 0.279 e. The average molecular weight is 348 g/mol. The van der Waals surface area contributed by atoms with E-state index in [4.69, 9.17) is 5.26 Å². The minimum Gasteiger partial charge on any atom is -0.321 e. The summed E-state index contributed by atoms with van der Waals surface area (Å²) in [5.41, 5.74) is 4.63. The molecule has 0 unspecified atom stereocenters. The quantitative estimate of drug-likeness (QED) is 0.833. The van der Waals surface area contributed by atoms with Crippen molar-refractivity contribution < 1.29 is 9.28 Å². The summed E-state index contributed by atoms with van der Waals surface area (Å²) in [6.45, 7) is 7.37. The highest BCUT2D eigenvalue weighted by Gasteiger charge is 2.34. The lowest BCUT2D eigenvalue weighted by Gasteiger charge is -2.33. The maximum absolute atomic E-state index is 12.8. The van der Waals surface area contributed by atoms with Crippen LogP contribution in [0.15, 0.2) is 42.5 Å². The van der Waals surface area contributed by atoms with Crippen LogP contribution in [0.3, 0.4) is 0 Å². The molecule has 0 radical (unpaired) electrons. The van der Waals surface area contributed by atoms with Crippen LogP contribution in [0.25, 0.3) is 0 Å². The number of nitriles is 1. The molecule has 4 heteroatoms. The number of hydrogen-bond donors (Lipinski definition) is 1. The van der Waals surface area contributed by atoms with Gasteiger partial charge in [0.15, 0.2) is 6.54 Å². The summed E-state index contributed by atoms with van der Waals surface area (Å²) < 4.78 is 0.824. The molecule has 0 saturated carbocycles. The molecule has 2 aromatic carbocycles. The molecule has 1 saturated heterocycles. The summed E-state index contributed by atoms with van der Waals surface area (Å²) in [5.74, 6) is 0.0544. The molecular formula is C22H26N3O+. The molecule has 134 valence electrons. The highest BCUT2D eigenvalue weighted by molar-refractivity contribution is 5.93. The first-order chi connectivity index (χ1) is 12.5. The molecule has 0 spiro atoms. The van der Waals surface area contributed by atoms with Crippen molar-refractivity contribution in [2.75, 3.05) is 25.0 Å². The third-order valence-corrected chi connectivity index (χ3v) is 5.28. The Morgan fingerprint density at radius 2 is 1.73 bits per heavy atom. The molecule has 26 heavy (non-hydrogen) atoms. The Morgan fingerprint density at radius 3 is 2.31 bits per heavy atom. The van der Waals surface area contributed by atoms with Gasteiger partial charge in [-0.25, -0.2) is 0 Å². The van der Waals surface area contributed by atoms with E-state index in [0.717, 1.165) is 40.9 Å². The van der Waals surface area contributed by atoms with E-state index in [2.05, 4.69) is 35.7 Å². The minimum atomic E-state index is 0.0544. The molecule has 0 aliphatic carbocycles. The molecule has 2 aromatic rings. The number of benzene rings is 2. The van der Waals surface area contributed by atoms with Gasteiger partial charge in [-0.2, -0.15) is 5.26 Å². The van der Waals surface area contributed by atoms with Crippen molar-refractivity contribution in [1.29, 1.82) is 5.26 Å². The van der Waals surface area contributed by atoms with Crippen LogP contribution in [0, 0.1) is 25.2 Å². The van der Waals surface area contributed by atoms with E-state index in [9.17, 15) is 4.79 Å². The Morgan fingerprint density at radius 1 is 1.12 bits per heavy atom. The summed E-state index contributed by atoms with van der Waals surface area (Å²) in [6.07, 6.45) is 2.35. The number of carbonyl (C=O) groups excluding carboxylic acids is 1. The fourth-order valence-electron chi connectivity index (χ4n) is 4.06. The van der Waals surface area contributed by atoms with Crippen LogP contribution in [-0.2, 0) is 11.3 Å². The molecule has 0 atom stereocenters.